The van der Waals surface area contributed by atoms with E-state index in [2.05, 4.69) is 29.1 Å². The van der Waals surface area contributed by atoms with Gasteiger partial charge in [0, 0.05) is 30.5 Å². The summed E-state index contributed by atoms with van der Waals surface area (Å²) in [6, 6.07) is 0. The smallest absolute Gasteiger partial charge is 0.230 e. The molecular formula is C15H21N3O2S2. The van der Waals surface area contributed by atoms with Crippen LogP contribution in [0.4, 0.5) is 0 Å². The number of rotatable bonds is 7. The van der Waals surface area contributed by atoms with E-state index in [0.717, 1.165) is 27.5 Å². The van der Waals surface area contributed by atoms with Gasteiger partial charge in [0.15, 0.2) is 0 Å². The number of methoxy groups -OCH3 is 1. The van der Waals surface area contributed by atoms with Gasteiger partial charge in [-0.2, -0.15) is 0 Å². The predicted octanol–water partition coefficient (Wildman–Crippen LogP) is 2.86. The number of hydrogen-bond acceptors (Lipinski definition) is 6. The number of aryl methyl sites for hydroxylation is 3. The summed E-state index contributed by atoms with van der Waals surface area (Å²) in [4.78, 5) is 23.1. The molecule has 2 aromatic heterocycles. The summed E-state index contributed by atoms with van der Waals surface area (Å²) in [6.45, 7) is 7.36. The number of carbonyl (C=O) groups excluding carboxylic acids is 1. The van der Waals surface area contributed by atoms with Gasteiger partial charge < -0.3 is 10.1 Å². The minimum atomic E-state index is 0.0233. The van der Waals surface area contributed by atoms with Crippen LogP contribution in [0.2, 0.25) is 0 Å². The summed E-state index contributed by atoms with van der Waals surface area (Å²) in [5.41, 5.74) is 1.21. The van der Waals surface area contributed by atoms with Gasteiger partial charge in [0.05, 0.1) is 5.75 Å². The van der Waals surface area contributed by atoms with Gasteiger partial charge in [-0.1, -0.05) is 11.8 Å². The lowest BCUT2D eigenvalue weighted by molar-refractivity contribution is -0.118. The first kappa shape index (κ1) is 17.2. The number of hydrogen-bond donors (Lipinski definition) is 1. The molecule has 120 valence electrons. The van der Waals surface area contributed by atoms with Crippen LogP contribution in [0.25, 0.3) is 10.2 Å². The van der Waals surface area contributed by atoms with Crippen molar-refractivity contribution in [3.05, 3.63) is 16.3 Å². The van der Waals surface area contributed by atoms with E-state index in [1.165, 1.54) is 22.2 Å². The van der Waals surface area contributed by atoms with E-state index in [1.807, 2.05) is 6.92 Å². The maximum atomic E-state index is 11.9. The molecule has 7 heteroatoms. The standard InChI is InChI=1S/C15H21N3O2S2/c1-9-10(2)22-15-13(9)14(17-11(3)18-15)21-8-12(19)16-6-5-7-20-4/h5-8H2,1-4H3,(H,16,19). The molecule has 22 heavy (non-hydrogen) atoms. The highest BCUT2D eigenvalue weighted by Crippen LogP contribution is 2.34. The Morgan fingerprint density at radius 1 is 1.32 bits per heavy atom. The minimum absolute atomic E-state index is 0.0233. The largest absolute Gasteiger partial charge is 0.385 e. The van der Waals surface area contributed by atoms with Gasteiger partial charge in [-0.3, -0.25) is 4.79 Å². The molecule has 0 saturated carbocycles. The maximum Gasteiger partial charge on any atom is 0.230 e. The van der Waals surface area contributed by atoms with Gasteiger partial charge >= 0.3 is 0 Å². The molecule has 0 aliphatic carbocycles. The van der Waals surface area contributed by atoms with Gasteiger partial charge in [0.2, 0.25) is 5.91 Å². The van der Waals surface area contributed by atoms with Crippen molar-refractivity contribution < 1.29 is 9.53 Å². The fraction of sp³-hybridized carbons (Fsp3) is 0.533. The fourth-order valence-corrected chi connectivity index (χ4v) is 4.15. The molecule has 0 spiro atoms. The molecule has 0 bridgehead atoms. The molecule has 0 aliphatic rings. The lowest BCUT2D eigenvalue weighted by Gasteiger charge is -2.06. The van der Waals surface area contributed by atoms with Gasteiger partial charge in [-0.25, -0.2) is 9.97 Å². The monoisotopic (exact) mass is 339 g/mol. The van der Waals surface area contributed by atoms with Crippen LogP contribution in [-0.4, -0.2) is 41.9 Å². The van der Waals surface area contributed by atoms with E-state index in [4.69, 9.17) is 4.74 Å². The summed E-state index contributed by atoms with van der Waals surface area (Å²) in [5.74, 6) is 1.14. The Hall–Kier alpha value is -1.18. The summed E-state index contributed by atoms with van der Waals surface area (Å²) in [6.07, 6.45) is 0.826. The Kier molecular flexibility index (Phi) is 6.16. The molecule has 0 radical (unpaired) electrons. The predicted molar refractivity (Wildman–Crippen MR) is 91.9 cm³/mol. The molecule has 0 atom stereocenters. The molecular weight excluding hydrogens is 318 g/mol. The van der Waals surface area contributed by atoms with Crippen LogP contribution in [0.5, 0.6) is 0 Å². The Morgan fingerprint density at radius 3 is 2.82 bits per heavy atom. The molecule has 0 unspecified atom stereocenters. The molecule has 1 amide bonds. The third-order valence-corrected chi connectivity index (χ3v) is 5.37. The number of amides is 1. The van der Waals surface area contributed by atoms with Crippen molar-refractivity contribution in [2.75, 3.05) is 26.0 Å². The molecule has 2 aromatic rings. The normalized spacial score (nSPS) is 11.1. The first-order valence-electron chi connectivity index (χ1n) is 7.15. The number of fused-ring (bicyclic) bond motifs is 1. The van der Waals surface area contributed by atoms with Crippen molar-refractivity contribution in [3.8, 4) is 0 Å². The van der Waals surface area contributed by atoms with Crippen LogP contribution in [0, 0.1) is 20.8 Å². The van der Waals surface area contributed by atoms with Crippen molar-refractivity contribution in [1.82, 2.24) is 15.3 Å². The molecule has 0 aliphatic heterocycles. The Labute approximate surface area is 138 Å². The van der Waals surface area contributed by atoms with Crippen LogP contribution < -0.4 is 5.32 Å². The second-order valence-electron chi connectivity index (χ2n) is 5.02. The van der Waals surface area contributed by atoms with E-state index >= 15 is 0 Å². The topological polar surface area (TPSA) is 64.1 Å². The first-order chi connectivity index (χ1) is 10.5. The number of nitrogens with one attached hydrogen (secondary N) is 1. The second-order valence-corrected chi connectivity index (χ2v) is 7.19. The fourth-order valence-electron chi connectivity index (χ4n) is 2.05. The van der Waals surface area contributed by atoms with Crippen LogP contribution in [0.3, 0.4) is 0 Å². The van der Waals surface area contributed by atoms with Crippen LogP contribution in [0.15, 0.2) is 5.03 Å². The third-order valence-electron chi connectivity index (χ3n) is 3.29. The molecule has 1 N–H and O–H groups in total. The van der Waals surface area contributed by atoms with E-state index < -0.39 is 0 Å². The highest BCUT2D eigenvalue weighted by molar-refractivity contribution is 8.00. The zero-order valence-electron chi connectivity index (χ0n) is 13.4. The van der Waals surface area contributed by atoms with Crippen LogP contribution in [0.1, 0.15) is 22.7 Å². The number of carbonyl (C=O) groups is 1. The maximum absolute atomic E-state index is 11.9. The SMILES string of the molecule is COCCCNC(=O)CSc1nc(C)nc2sc(C)c(C)c12. The average Bonchev–Trinajstić information content (AvgIpc) is 2.76. The molecule has 2 heterocycles. The molecule has 0 fully saturated rings. The lowest BCUT2D eigenvalue weighted by Crippen LogP contribution is -2.26. The van der Waals surface area contributed by atoms with Gasteiger partial charge in [-0.05, 0) is 32.8 Å². The zero-order valence-corrected chi connectivity index (χ0v) is 15.0. The molecule has 0 aromatic carbocycles. The second kappa shape index (κ2) is 7.89. The van der Waals surface area contributed by atoms with Gasteiger partial charge in [0.25, 0.3) is 0 Å². The van der Waals surface area contributed by atoms with Crippen LogP contribution in [-0.2, 0) is 9.53 Å². The molecule has 0 saturated heterocycles. The number of thioether (sulfide) groups is 1. The van der Waals surface area contributed by atoms with Gasteiger partial charge in [0.1, 0.15) is 15.7 Å². The highest BCUT2D eigenvalue weighted by atomic mass is 32.2. The zero-order chi connectivity index (χ0) is 16.1. The average molecular weight is 339 g/mol. The molecule has 5 nitrogen and oxygen atoms in total. The number of thiophene rings is 1. The van der Waals surface area contributed by atoms with Crippen molar-refractivity contribution in [2.45, 2.75) is 32.2 Å². The third kappa shape index (κ3) is 4.18. The van der Waals surface area contributed by atoms with Crippen molar-refractivity contribution in [2.24, 2.45) is 0 Å². The number of aromatic nitrogens is 2. The quantitative estimate of drug-likeness (QED) is 0.477. The summed E-state index contributed by atoms with van der Waals surface area (Å²) in [7, 11) is 1.66. The summed E-state index contributed by atoms with van der Waals surface area (Å²) in [5, 5.41) is 4.88. The van der Waals surface area contributed by atoms with Crippen LogP contribution >= 0.6 is 23.1 Å². The minimum Gasteiger partial charge on any atom is -0.385 e. The Morgan fingerprint density at radius 2 is 2.09 bits per heavy atom. The first-order valence-corrected chi connectivity index (χ1v) is 8.96. The van der Waals surface area contributed by atoms with E-state index in [1.54, 1.807) is 18.4 Å². The highest BCUT2D eigenvalue weighted by Gasteiger charge is 2.14. The number of nitrogens with zero attached hydrogens (tertiary/aromatic N) is 2. The van der Waals surface area contributed by atoms with Crippen molar-refractivity contribution in [3.63, 3.8) is 0 Å². The van der Waals surface area contributed by atoms with Crippen molar-refractivity contribution in [1.29, 1.82) is 0 Å². The van der Waals surface area contributed by atoms with E-state index in [-0.39, 0.29) is 5.91 Å². The lowest BCUT2D eigenvalue weighted by atomic mass is 10.2. The summed E-state index contributed by atoms with van der Waals surface area (Å²) < 4.78 is 4.96. The van der Waals surface area contributed by atoms with Crippen molar-refractivity contribution >= 4 is 39.2 Å². The van der Waals surface area contributed by atoms with Gasteiger partial charge in [-0.15, -0.1) is 11.3 Å². The van der Waals surface area contributed by atoms with E-state index in [0.29, 0.717) is 18.9 Å². The molecule has 2 rings (SSSR count). The van der Waals surface area contributed by atoms with E-state index in [9.17, 15) is 4.79 Å². The Bertz CT molecular complexity index is 670. The Balaban J connectivity index is 2.03. The summed E-state index contributed by atoms with van der Waals surface area (Å²) >= 11 is 3.16. The number of ether oxygens (including phenoxy) is 1.